The van der Waals surface area contributed by atoms with Crippen molar-refractivity contribution in [3.8, 4) is 0 Å². The Morgan fingerprint density at radius 2 is 1.89 bits per heavy atom. The Balaban J connectivity index is 0.000000459. The first-order valence-electron chi connectivity index (χ1n) is 7.14. The molecule has 0 aromatic rings. The maximum absolute atomic E-state index is 11.4. The standard InChI is InChI=1S/C9H18N2O2.C4H12N2/c1-10-5-3-6-11-9(12)8-4-2-7-13-8;1-6-4-2-3-5/h8,10H,2-7H2,1H3,(H,11,12);6H,2-5H2,1H3. The van der Waals surface area contributed by atoms with Gasteiger partial charge in [-0.1, -0.05) is 0 Å². The number of hydrogen-bond acceptors (Lipinski definition) is 5. The van der Waals surface area contributed by atoms with E-state index in [9.17, 15) is 4.79 Å². The summed E-state index contributed by atoms with van der Waals surface area (Å²) in [7, 11) is 3.83. The summed E-state index contributed by atoms with van der Waals surface area (Å²) in [5.74, 6) is 0.0496. The fraction of sp³-hybridized carbons (Fsp3) is 0.923. The quantitative estimate of drug-likeness (QED) is 0.446. The van der Waals surface area contributed by atoms with Gasteiger partial charge >= 0.3 is 0 Å². The van der Waals surface area contributed by atoms with Gasteiger partial charge in [-0.3, -0.25) is 4.79 Å². The Morgan fingerprint density at radius 3 is 2.37 bits per heavy atom. The van der Waals surface area contributed by atoms with Gasteiger partial charge in [-0.25, -0.2) is 0 Å². The first-order chi connectivity index (χ1) is 9.26. The number of nitrogens with one attached hydrogen (secondary N) is 3. The number of nitrogens with two attached hydrogens (primary N) is 1. The lowest BCUT2D eigenvalue weighted by Crippen LogP contribution is -2.35. The zero-order chi connectivity index (χ0) is 14.3. The summed E-state index contributed by atoms with van der Waals surface area (Å²) < 4.78 is 5.24. The molecule has 19 heavy (non-hydrogen) atoms. The maximum atomic E-state index is 11.4. The molecule has 0 aliphatic carbocycles. The molecular weight excluding hydrogens is 244 g/mol. The maximum Gasteiger partial charge on any atom is 0.249 e. The number of hydrogen-bond donors (Lipinski definition) is 4. The number of carbonyl (C=O) groups excluding carboxylic acids is 1. The summed E-state index contributed by atoms with van der Waals surface area (Å²) in [6.45, 7) is 4.23. The fourth-order valence-electron chi connectivity index (χ4n) is 1.65. The molecule has 1 fully saturated rings. The van der Waals surface area contributed by atoms with Gasteiger partial charge in [0.15, 0.2) is 0 Å². The largest absolute Gasteiger partial charge is 0.368 e. The van der Waals surface area contributed by atoms with Crippen molar-refractivity contribution in [2.75, 3.05) is 46.9 Å². The lowest BCUT2D eigenvalue weighted by Gasteiger charge is -2.09. The second-order valence-corrected chi connectivity index (χ2v) is 4.50. The van der Waals surface area contributed by atoms with Crippen LogP contribution in [-0.4, -0.2) is 58.9 Å². The highest BCUT2D eigenvalue weighted by Gasteiger charge is 2.22. The summed E-state index contributed by atoms with van der Waals surface area (Å²) >= 11 is 0. The van der Waals surface area contributed by atoms with Crippen molar-refractivity contribution in [2.45, 2.75) is 31.8 Å². The smallest absolute Gasteiger partial charge is 0.249 e. The van der Waals surface area contributed by atoms with E-state index in [0.717, 1.165) is 58.5 Å². The van der Waals surface area contributed by atoms with E-state index in [1.165, 1.54) is 0 Å². The second-order valence-electron chi connectivity index (χ2n) is 4.50. The molecule has 1 amide bonds. The molecule has 1 saturated heterocycles. The minimum absolute atomic E-state index is 0.0496. The van der Waals surface area contributed by atoms with Gasteiger partial charge in [0.05, 0.1) is 0 Å². The van der Waals surface area contributed by atoms with Crippen molar-refractivity contribution in [3.63, 3.8) is 0 Å². The van der Waals surface area contributed by atoms with Crippen LogP contribution in [0.25, 0.3) is 0 Å². The SMILES string of the molecule is CNCCCN.CNCCCNC(=O)C1CCCO1. The van der Waals surface area contributed by atoms with Gasteiger partial charge in [-0.05, 0) is 59.4 Å². The van der Waals surface area contributed by atoms with E-state index in [1.807, 2.05) is 14.1 Å². The van der Waals surface area contributed by atoms with Crippen molar-refractivity contribution in [1.29, 1.82) is 0 Å². The summed E-state index contributed by atoms with van der Waals surface area (Å²) in [4.78, 5) is 11.4. The Kier molecular flexibility index (Phi) is 13.2. The average molecular weight is 274 g/mol. The Bertz CT molecular complexity index is 205. The molecule has 0 aromatic heterocycles. The molecule has 1 rings (SSSR count). The van der Waals surface area contributed by atoms with Gasteiger partial charge in [0.2, 0.25) is 5.91 Å². The molecule has 114 valence electrons. The van der Waals surface area contributed by atoms with Crippen LogP contribution in [-0.2, 0) is 9.53 Å². The molecule has 1 aliphatic heterocycles. The fourth-order valence-corrected chi connectivity index (χ4v) is 1.65. The lowest BCUT2D eigenvalue weighted by atomic mass is 10.2. The highest BCUT2D eigenvalue weighted by atomic mass is 16.5. The highest BCUT2D eigenvalue weighted by molar-refractivity contribution is 5.80. The molecule has 1 aliphatic rings. The first-order valence-corrected chi connectivity index (χ1v) is 7.14. The van der Waals surface area contributed by atoms with Crippen LogP contribution < -0.4 is 21.7 Å². The van der Waals surface area contributed by atoms with Gasteiger partial charge in [-0.15, -0.1) is 0 Å². The molecule has 0 radical (unpaired) electrons. The molecule has 5 N–H and O–H groups in total. The second kappa shape index (κ2) is 13.7. The molecule has 0 saturated carbocycles. The molecule has 6 heteroatoms. The molecule has 6 nitrogen and oxygen atoms in total. The van der Waals surface area contributed by atoms with Crippen LogP contribution in [0.1, 0.15) is 25.7 Å². The molecular formula is C13H30N4O2. The highest BCUT2D eigenvalue weighted by Crippen LogP contribution is 2.11. The number of amides is 1. The molecule has 1 heterocycles. The molecule has 0 bridgehead atoms. The minimum atomic E-state index is -0.186. The van der Waals surface area contributed by atoms with Crippen LogP contribution in [0.2, 0.25) is 0 Å². The Morgan fingerprint density at radius 1 is 1.21 bits per heavy atom. The van der Waals surface area contributed by atoms with Crippen molar-refractivity contribution in [2.24, 2.45) is 5.73 Å². The predicted molar refractivity (Wildman–Crippen MR) is 78.1 cm³/mol. The normalized spacial score (nSPS) is 17.7. The van der Waals surface area contributed by atoms with Gasteiger partial charge in [0, 0.05) is 13.2 Å². The van der Waals surface area contributed by atoms with E-state index < -0.39 is 0 Å². The van der Waals surface area contributed by atoms with Crippen LogP contribution in [0.4, 0.5) is 0 Å². The van der Waals surface area contributed by atoms with Crippen LogP contribution in [0.15, 0.2) is 0 Å². The van der Waals surface area contributed by atoms with E-state index in [-0.39, 0.29) is 12.0 Å². The summed E-state index contributed by atoms with van der Waals surface area (Å²) in [5, 5.41) is 8.87. The van der Waals surface area contributed by atoms with Crippen molar-refractivity contribution < 1.29 is 9.53 Å². The number of ether oxygens (including phenoxy) is 1. The average Bonchev–Trinajstić information content (AvgIpc) is 2.96. The zero-order valence-electron chi connectivity index (χ0n) is 12.3. The topological polar surface area (TPSA) is 88.4 Å². The summed E-state index contributed by atoms with van der Waals surface area (Å²) in [6, 6.07) is 0. The Hall–Kier alpha value is -0.690. The molecule has 0 aromatic carbocycles. The van der Waals surface area contributed by atoms with E-state index in [0.29, 0.717) is 0 Å². The zero-order valence-corrected chi connectivity index (χ0v) is 12.3. The van der Waals surface area contributed by atoms with Crippen molar-refractivity contribution in [1.82, 2.24) is 16.0 Å². The van der Waals surface area contributed by atoms with E-state index in [4.69, 9.17) is 10.5 Å². The van der Waals surface area contributed by atoms with Crippen molar-refractivity contribution >= 4 is 5.91 Å². The van der Waals surface area contributed by atoms with Gasteiger partial charge < -0.3 is 26.4 Å². The lowest BCUT2D eigenvalue weighted by molar-refractivity contribution is -0.130. The van der Waals surface area contributed by atoms with E-state index >= 15 is 0 Å². The molecule has 0 spiro atoms. The molecule has 1 atom stereocenters. The van der Waals surface area contributed by atoms with Crippen LogP contribution >= 0.6 is 0 Å². The monoisotopic (exact) mass is 274 g/mol. The minimum Gasteiger partial charge on any atom is -0.368 e. The van der Waals surface area contributed by atoms with Crippen LogP contribution in [0, 0.1) is 0 Å². The van der Waals surface area contributed by atoms with Crippen LogP contribution in [0.5, 0.6) is 0 Å². The van der Waals surface area contributed by atoms with E-state index in [2.05, 4.69) is 16.0 Å². The third-order valence-corrected chi connectivity index (χ3v) is 2.76. The van der Waals surface area contributed by atoms with Gasteiger partial charge in [-0.2, -0.15) is 0 Å². The van der Waals surface area contributed by atoms with Gasteiger partial charge in [0.1, 0.15) is 6.10 Å². The van der Waals surface area contributed by atoms with Crippen LogP contribution in [0.3, 0.4) is 0 Å². The number of carbonyl (C=O) groups is 1. The summed E-state index contributed by atoms with van der Waals surface area (Å²) in [6.07, 6.45) is 3.74. The third kappa shape index (κ3) is 10.9. The number of rotatable bonds is 8. The Labute approximate surface area is 116 Å². The van der Waals surface area contributed by atoms with Crippen molar-refractivity contribution in [3.05, 3.63) is 0 Å². The molecule has 1 unspecified atom stereocenters. The van der Waals surface area contributed by atoms with Gasteiger partial charge in [0.25, 0.3) is 0 Å². The predicted octanol–water partition coefficient (Wildman–Crippen LogP) is -0.554. The summed E-state index contributed by atoms with van der Waals surface area (Å²) in [5.41, 5.74) is 5.17. The van der Waals surface area contributed by atoms with E-state index in [1.54, 1.807) is 0 Å². The first kappa shape index (κ1) is 18.3. The third-order valence-electron chi connectivity index (χ3n) is 2.76.